The molecule has 1 aromatic heterocycles. The lowest BCUT2D eigenvalue weighted by molar-refractivity contribution is -0.125. The Morgan fingerprint density at radius 1 is 1.13 bits per heavy atom. The van der Waals surface area contributed by atoms with E-state index in [0.717, 1.165) is 11.3 Å². The van der Waals surface area contributed by atoms with Gasteiger partial charge in [0, 0.05) is 18.3 Å². The van der Waals surface area contributed by atoms with E-state index in [1.165, 1.54) is 5.56 Å². The molecule has 0 radical (unpaired) electrons. The Morgan fingerprint density at radius 2 is 1.87 bits per heavy atom. The summed E-state index contributed by atoms with van der Waals surface area (Å²) in [5, 5.41) is 7.26. The lowest BCUT2D eigenvalue weighted by Crippen LogP contribution is -2.50. The van der Waals surface area contributed by atoms with E-state index in [-0.39, 0.29) is 24.4 Å². The fraction of sp³-hybridized carbons (Fsp3) is 0.261. The minimum absolute atomic E-state index is 0.0308. The van der Waals surface area contributed by atoms with Gasteiger partial charge in [0.1, 0.15) is 6.54 Å². The molecule has 2 amide bonds. The predicted octanol–water partition coefficient (Wildman–Crippen LogP) is 2.74. The second kappa shape index (κ2) is 8.51. The monoisotopic (exact) mass is 403 g/mol. The van der Waals surface area contributed by atoms with E-state index in [1.807, 2.05) is 78.4 Å². The molecule has 0 saturated heterocycles. The summed E-state index contributed by atoms with van der Waals surface area (Å²) in [5.74, 6) is -0.282. The highest BCUT2D eigenvalue weighted by Crippen LogP contribution is 2.29. The molecule has 3 aromatic rings. The Bertz CT molecular complexity index is 1050. The van der Waals surface area contributed by atoms with Gasteiger partial charge in [-0.3, -0.25) is 24.1 Å². The Kier molecular flexibility index (Phi) is 5.63. The first-order chi connectivity index (χ1) is 14.5. The van der Waals surface area contributed by atoms with E-state index >= 15 is 0 Å². The number of hydrogen-bond acceptors (Lipinski definition) is 4. The number of anilines is 2. The Hall–Kier alpha value is -3.45. The summed E-state index contributed by atoms with van der Waals surface area (Å²) in [6.07, 6.45) is 3.84. The van der Waals surface area contributed by atoms with Crippen LogP contribution in [0.1, 0.15) is 18.1 Å². The molecular weight excluding hydrogens is 378 g/mol. The van der Waals surface area contributed by atoms with Gasteiger partial charge < -0.3 is 5.32 Å². The molecule has 2 heterocycles. The molecule has 1 N–H and O–H groups in total. The van der Waals surface area contributed by atoms with Gasteiger partial charge >= 0.3 is 0 Å². The van der Waals surface area contributed by atoms with Crippen molar-refractivity contribution in [2.24, 2.45) is 0 Å². The first kappa shape index (κ1) is 19.8. The molecule has 1 atom stereocenters. The fourth-order valence-corrected chi connectivity index (χ4v) is 3.61. The maximum Gasteiger partial charge on any atom is 0.244 e. The number of likely N-dealkylation sites (N-methyl/N-ethyl adjacent to an activating group) is 1. The average Bonchev–Trinajstić information content (AvgIpc) is 3.19. The van der Waals surface area contributed by atoms with Crippen molar-refractivity contribution in [3.8, 4) is 0 Å². The molecule has 1 aliphatic rings. The molecule has 0 saturated carbocycles. The van der Waals surface area contributed by atoms with E-state index in [9.17, 15) is 9.59 Å². The number of amides is 2. The standard InChI is InChI=1S/C23H25N5O2/c1-17(23(30)28-16-22(29)25-20-10-6-7-11-21(20)28)26(2)13-19-12-24-27(15-19)14-18-8-4-3-5-9-18/h3-12,15,17H,13-14,16H2,1-2H3,(H,25,29)/t17-/m1/s1. The van der Waals surface area contributed by atoms with Crippen molar-refractivity contribution in [2.45, 2.75) is 26.1 Å². The maximum absolute atomic E-state index is 13.2. The first-order valence-electron chi connectivity index (χ1n) is 9.97. The number of nitrogens with one attached hydrogen (secondary N) is 1. The van der Waals surface area contributed by atoms with Crippen LogP contribution in [-0.2, 0) is 22.7 Å². The highest BCUT2D eigenvalue weighted by molar-refractivity contribution is 6.11. The topological polar surface area (TPSA) is 70.5 Å². The van der Waals surface area contributed by atoms with Gasteiger partial charge in [-0.2, -0.15) is 5.10 Å². The van der Waals surface area contributed by atoms with E-state index in [4.69, 9.17) is 0 Å². The van der Waals surface area contributed by atoms with Gasteiger partial charge in [0.2, 0.25) is 11.8 Å². The fourth-order valence-electron chi connectivity index (χ4n) is 3.61. The van der Waals surface area contributed by atoms with Crippen LogP contribution in [0.25, 0.3) is 0 Å². The zero-order valence-corrected chi connectivity index (χ0v) is 17.2. The quantitative estimate of drug-likeness (QED) is 0.687. The van der Waals surface area contributed by atoms with Crippen LogP contribution in [0.5, 0.6) is 0 Å². The molecule has 7 heteroatoms. The highest BCUT2D eigenvalue weighted by Gasteiger charge is 2.31. The summed E-state index contributed by atoms with van der Waals surface area (Å²) in [5.41, 5.74) is 3.62. The van der Waals surface area contributed by atoms with Crippen molar-refractivity contribution in [2.75, 3.05) is 23.8 Å². The van der Waals surface area contributed by atoms with Crippen LogP contribution >= 0.6 is 0 Å². The van der Waals surface area contributed by atoms with Crippen LogP contribution in [0.3, 0.4) is 0 Å². The Labute approximate surface area is 175 Å². The molecule has 0 spiro atoms. The van der Waals surface area contributed by atoms with Crippen LogP contribution in [-0.4, -0.2) is 46.1 Å². The van der Waals surface area contributed by atoms with Crippen LogP contribution < -0.4 is 10.2 Å². The molecule has 30 heavy (non-hydrogen) atoms. The number of carbonyl (C=O) groups excluding carboxylic acids is 2. The summed E-state index contributed by atoms with van der Waals surface area (Å²) in [7, 11) is 1.91. The summed E-state index contributed by atoms with van der Waals surface area (Å²) in [6.45, 7) is 3.19. The molecule has 1 aliphatic heterocycles. The third kappa shape index (κ3) is 4.26. The highest BCUT2D eigenvalue weighted by atomic mass is 16.2. The van der Waals surface area contributed by atoms with Crippen LogP contribution in [0.4, 0.5) is 11.4 Å². The number of nitrogens with zero attached hydrogens (tertiary/aromatic N) is 4. The third-order valence-corrected chi connectivity index (χ3v) is 5.36. The third-order valence-electron chi connectivity index (χ3n) is 5.36. The molecule has 0 aliphatic carbocycles. The zero-order chi connectivity index (χ0) is 21.1. The number of benzene rings is 2. The summed E-state index contributed by atoms with van der Waals surface area (Å²) in [6, 6.07) is 17.1. The summed E-state index contributed by atoms with van der Waals surface area (Å²) in [4.78, 5) is 28.8. The van der Waals surface area contributed by atoms with Gasteiger partial charge in [-0.15, -0.1) is 0 Å². The SMILES string of the molecule is C[C@H](C(=O)N1CC(=O)Nc2ccccc21)N(C)Cc1cnn(Cc2ccccc2)c1. The van der Waals surface area contributed by atoms with E-state index in [2.05, 4.69) is 22.5 Å². The predicted molar refractivity (Wildman–Crippen MR) is 116 cm³/mol. The number of carbonyl (C=O) groups is 2. The largest absolute Gasteiger partial charge is 0.323 e. The van der Waals surface area contributed by atoms with Crippen molar-refractivity contribution >= 4 is 23.2 Å². The number of aromatic nitrogens is 2. The van der Waals surface area contributed by atoms with Crippen molar-refractivity contribution in [1.82, 2.24) is 14.7 Å². The molecule has 7 nitrogen and oxygen atoms in total. The van der Waals surface area contributed by atoms with Crippen molar-refractivity contribution < 1.29 is 9.59 Å². The van der Waals surface area contributed by atoms with Crippen molar-refractivity contribution in [1.29, 1.82) is 0 Å². The van der Waals surface area contributed by atoms with E-state index < -0.39 is 0 Å². The van der Waals surface area contributed by atoms with Gasteiger partial charge in [0.25, 0.3) is 0 Å². The first-order valence-corrected chi connectivity index (χ1v) is 9.97. The smallest absolute Gasteiger partial charge is 0.244 e. The van der Waals surface area contributed by atoms with Crippen LogP contribution in [0, 0.1) is 0 Å². The number of rotatable bonds is 6. The van der Waals surface area contributed by atoms with Crippen molar-refractivity contribution in [3.63, 3.8) is 0 Å². The minimum Gasteiger partial charge on any atom is -0.323 e. The van der Waals surface area contributed by atoms with Gasteiger partial charge in [-0.25, -0.2) is 0 Å². The molecule has 0 bridgehead atoms. The molecule has 2 aromatic carbocycles. The molecular formula is C23H25N5O2. The van der Waals surface area contributed by atoms with Crippen molar-refractivity contribution in [3.05, 3.63) is 78.1 Å². The molecule has 0 unspecified atom stereocenters. The number of fused-ring (bicyclic) bond motifs is 1. The van der Waals surface area contributed by atoms with Gasteiger partial charge in [0.05, 0.1) is 30.2 Å². The van der Waals surface area contributed by atoms with E-state index in [0.29, 0.717) is 18.8 Å². The number of hydrogen-bond donors (Lipinski definition) is 1. The second-order valence-electron chi connectivity index (χ2n) is 7.61. The normalized spacial score (nSPS) is 14.4. The Balaban J connectivity index is 1.42. The van der Waals surface area contributed by atoms with Crippen LogP contribution in [0.2, 0.25) is 0 Å². The zero-order valence-electron chi connectivity index (χ0n) is 17.2. The lowest BCUT2D eigenvalue weighted by atomic mass is 10.1. The maximum atomic E-state index is 13.2. The Morgan fingerprint density at radius 3 is 2.67 bits per heavy atom. The van der Waals surface area contributed by atoms with Gasteiger partial charge in [-0.1, -0.05) is 42.5 Å². The van der Waals surface area contributed by atoms with E-state index in [1.54, 1.807) is 4.90 Å². The van der Waals surface area contributed by atoms with Crippen LogP contribution in [0.15, 0.2) is 67.0 Å². The van der Waals surface area contributed by atoms with Gasteiger partial charge in [0.15, 0.2) is 0 Å². The molecule has 0 fully saturated rings. The summed E-state index contributed by atoms with van der Waals surface area (Å²) >= 11 is 0. The second-order valence-corrected chi connectivity index (χ2v) is 7.61. The molecule has 154 valence electrons. The summed E-state index contributed by atoms with van der Waals surface area (Å²) < 4.78 is 1.90. The minimum atomic E-state index is -0.388. The van der Waals surface area contributed by atoms with Gasteiger partial charge in [-0.05, 0) is 31.7 Å². The average molecular weight is 403 g/mol. The lowest BCUT2D eigenvalue weighted by Gasteiger charge is -2.33. The number of para-hydroxylation sites is 2. The molecule has 4 rings (SSSR count).